The summed E-state index contributed by atoms with van der Waals surface area (Å²) in [5, 5.41) is 9.44. The van der Waals surface area contributed by atoms with Gasteiger partial charge in [0.05, 0.1) is 13.2 Å². The van der Waals surface area contributed by atoms with Gasteiger partial charge in [-0.15, -0.1) is 0 Å². The van der Waals surface area contributed by atoms with Gasteiger partial charge in [0.2, 0.25) is 0 Å². The lowest BCUT2D eigenvalue weighted by atomic mass is 10.2. The zero-order valence-corrected chi connectivity index (χ0v) is 12.1. The van der Waals surface area contributed by atoms with Crippen molar-refractivity contribution in [2.75, 3.05) is 13.2 Å². The summed E-state index contributed by atoms with van der Waals surface area (Å²) in [6, 6.07) is 8.21. The summed E-state index contributed by atoms with van der Waals surface area (Å²) >= 11 is 0. The van der Waals surface area contributed by atoms with Crippen LogP contribution in [-0.2, 0) is 9.53 Å². The van der Waals surface area contributed by atoms with E-state index in [1.165, 1.54) is 6.07 Å². The van der Waals surface area contributed by atoms with Gasteiger partial charge in [0.15, 0.2) is 0 Å². The SMILES string of the molecule is CCOC(=O)CCCOc1ccc2oc(=O)c(C#N)cc2c1. The first-order valence-electron chi connectivity index (χ1n) is 6.90. The van der Waals surface area contributed by atoms with Crippen LogP contribution in [0.25, 0.3) is 11.0 Å². The van der Waals surface area contributed by atoms with E-state index >= 15 is 0 Å². The summed E-state index contributed by atoms with van der Waals surface area (Å²) in [4.78, 5) is 22.6. The van der Waals surface area contributed by atoms with Crippen molar-refractivity contribution in [3.05, 3.63) is 40.2 Å². The van der Waals surface area contributed by atoms with E-state index in [-0.39, 0.29) is 11.5 Å². The van der Waals surface area contributed by atoms with E-state index in [1.54, 1.807) is 31.2 Å². The fraction of sp³-hybridized carbons (Fsp3) is 0.312. The van der Waals surface area contributed by atoms with E-state index in [4.69, 9.17) is 19.2 Å². The predicted octanol–water partition coefficient (Wildman–Crippen LogP) is 2.39. The number of ether oxygens (including phenoxy) is 2. The first kappa shape index (κ1) is 15.6. The number of rotatable bonds is 6. The molecular weight excluding hydrogens is 286 g/mol. The number of esters is 1. The van der Waals surface area contributed by atoms with Crippen molar-refractivity contribution in [1.82, 2.24) is 0 Å². The largest absolute Gasteiger partial charge is 0.494 e. The molecule has 0 aliphatic rings. The minimum absolute atomic E-state index is 0.0491. The highest BCUT2D eigenvalue weighted by Gasteiger charge is 2.06. The van der Waals surface area contributed by atoms with E-state index in [9.17, 15) is 9.59 Å². The third-order valence-electron chi connectivity index (χ3n) is 2.92. The molecule has 0 saturated carbocycles. The van der Waals surface area contributed by atoms with Crippen LogP contribution in [0.1, 0.15) is 25.3 Å². The van der Waals surface area contributed by atoms with Crippen LogP contribution in [0, 0.1) is 11.3 Å². The average Bonchev–Trinajstić information content (AvgIpc) is 2.51. The molecule has 0 N–H and O–H groups in total. The maximum Gasteiger partial charge on any atom is 0.354 e. The molecule has 0 radical (unpaired) electrons. The Bertz CT molecular complexity index is 772. The van der Waals surface area contributed by atoms with Crippen molar-refractivity contribution < 1.29 is 18.7 Å². The quantitative estimate of drug-likeness (QED) is 0.462. The summed E-state index contributed by atoms with van der Waals surface area (Å²) in [5.41, 5.74) is -0.312. The number of carbonyl (C=O) groups is 1. The van der Waals surface area contributed by atoms with Crippen LogP contribution in [0.2, 0.25) is 0 Å². The second kappa shape index (κ2) is 7.27. The molecular formula is C16H15NO5. The van der Waals surface area contributed by atoms with E-state index < -0.39 is 5.63 Å². The standard InChI is InChI=1S/C16H15NO5/c1-2-20-15(18)4-3-7-21-13-5-6-14-11(9-13)8-12(10-17)16(19)22-14/h5-6,8-9H,2-4,7H2,1H3. The van der Waals surface area contributed by atoms with Gasteiger partial charge in [-0.05, 0) is 37.6 Å². The van der Waals surface area contributed by atoms with Crippen LogP contribution in [-0.4, -0.2) is 19.2 Å². The molecule has 114 valence electrons. The van der Waals surface area contributed by atoms with Gasteiger partial charge in [0.25, 0.3) is 0 Å². The van der Waals surface area contributed by atoms with Gasteiger partial charge >= 0.3 is 11.6 Å². The van der Waals surface area contributed by atoms with Crippen LogP contribution < -0.4 is 10.4 Å². The Hall–Kier alpha value is -2.81. The predicted molar refractivity (Wildman–Crippen MR) is 78.6 cm³/mol. The first-order chi connectivity index (χ1) is 10.6. The van der Waals surface area contributed by atoms with Gasteiger partial charge in [-0.1, -0.05) is 0 Å². The molecule has 2 rings (SSSR count). The van der Waals surface area contributed by atoms with Crippen molar-refractivity contribution in [1.29, 1.82) is 5.26 Å². The van der Waals surface area contributed by atoms with Gasteiger partial charge in [-0.2, -0.15) is 5.26 Å². The van der Waals surface area contributed by atoms with Gasteiger partial charge in [0, 0.05) is 11.8 Å². The Morgan fingerprint density at radius 1 is 1.36 bits per heavy atom. The Labute approximate surface area is 126 Å². The zero-order valence-electron chi connectivity index (χ0n) is 12.1. The second-order valence-corrected chi connectivity index (χ2v) is 4.52. The van der Waals surface area contributed by atoms with Crippen LogP contribution in [0.15, 0.2) is 33.5 Å². The van der Waals surface area contributed by atoms with Gasteiger partial charge < -0.3 is 13.9 Å². The summed E-state index contributed by atoms with van der Waals surface area (Å²) < 4.78 is 15.4. The number of hydrogen-bond donors (Lipinski definition) is 0. The maximum absolute atomic E-state index is 11.4. The van der Waals surface area contributed by atoms with Crippen molar-refractivity contribution in [3.63, 3.8) is 0 Å². The lowest BCUT2D eigenvalue weighted by Crippen LogP contribution is -2.07. The molecule has 0 aliphatic carbocycles. The first-order valence-corrected chi connectivity index (χ1v) is 6.90. The Morgan fingerprint density at radius 2 is 2.18 bits per heavy atom. The molecule has 0 saturated heterocycles. The molecule has 0 bridgehead atoms. The number of carbonyl (C=O) groups excluding carboxylic acids is 1. The number of nitriles is 1. The molecule has 1 aromatic carbocycles. The van der Waals surface area contributed by atoms with Crippen molar-refractivity contribution in [2.24, 2.45) is 0 Å². The van der Waals surface area contributed by atoms with E-state index in [2.05, 4.69) is 0 Å². The lowest BCUT2D eigenvalue weighted by Gasteiger charge is -2.07. The van der Waals surface area contributed by atoms with Crippen LogP contribution in [0.4, 0.5) is 0 Å². The second-order valence-electron chi connectivity index (χ2n) is 4.52. The molecule has 0 spiro atoms. The number of fused-ring (bicyclic) bond motifs is 1. The summed E-state index contributed by atoms with van der Waals surface area (Å²) in [6.45, 7) is 2.50. The Balaban J connectivity index is 2.01. The molecule has 6 heteroatoms. The Morgan fingerprint density at radius 3 is 2.91 bits per heavy atom. The third kappa shape index (κ3) is 3.85. The van der Waals surface area contributed by atoms with Gasteiger partial charge in [-0.3, -0.25) is 4.79 Å². The van der Waals surface area contributed by atoms with E-state index in [0.717, 1.165) is 0 Å². The monoisotopic (exact) mass is 301 g/mol. The van der Waals surface area contributed by atoms with Crippen LogP contribution in [0.5, 0.6) is 5.75 Å². The highest BCUT2D eigenvalue weighted by molar-refractivity contribution is 5.79. The number of nitrogens with zero attached hydrogens (tertiary/aromatic N) is 1. The highest BCUT2D eigenvalue weighted by Crippen LogP contribution is 2.20. The lowest BCUT2D eigenvalue weighted by molar-refractivity contribution is -0.143. The van der Waals surface area contributed by atoms with Gasteiger partial charge in [0.1, 0.15) is 23.0 Å². The molecule has 22 heavy (non-hydrogen) atoms. The smallest absolute Gasteiger partial charge is 0.354 e. The van der Waals surface area contributed by atoms with Crippen molar-refractivity contribution >= 4 is 16.9 Å². The summed E-state index contributed by atoms with van der Waals surface area (Å²) in [5.74, 6) is 0.333. The minimum Gasteiger partial charge on any atom is -0.494 e. The maximum atomic E-state index is 11.4. The molecule has 0 aliphatic heterocycles. The molecule has 0 amide bonds. The minimum atomic E-state index is -0.655. The number of hydrogen-bond acceptors (Lipinski definition) is 6. The Kier molecular flexibility index (Phi) is 5.15. The molecule has 2 aromatic rings. The molecule has 6 nitrogen and oxygen atoms in total. The fourth-order valence-electron chi connectivity index (χ4n) is 1.91. The molecule has 1 aromatic heterocycles. The van der Waals surface area contributed by atoms with Gasteiger partial charge in [-0.25, -0.2) is 4.79 Å². The number of benzene rings is 1. The average molecular weight is 301 g/mol. The molecule has 1 heterocycles. The normalized spacial score (nSPS) is 10.2. The third-order valence-corrected chi connectivity index (χ3v) is 2.92. The summed E-state index contributed by atoms with van der Waals surface area (Å²) in [7, 11) is 0. The fourth-order valence-corrected chi connectivity index (χ4v) is 1.91. The zero-order chi connectivity index (χ0) is 15.9. The summed E-state index contributed by atoms with van der Waals surface area (Å²) in [6.07, 6.45) is 0.846. The topological polar surface area (TPSA) is 89.5 Å². The molecule has 0 atom stereocenters. The highest BCUT2D eigenvalue weighted by atomic mass is 16.5. The van der Waals surface area contributed by atoms with Crippen molar-refractivity contribution in [3.8, 4) is 11.8 Å². The van der Waals surface area contributed by atoms with E-state index in [0.29, 0.717) is 42.8 Å². The van der Waals surface area contributed by atoms with Crippen molar-refractivity contribution in [2.45, 2.75) is 19.8 Å². The molecule has 0 fully saturated rings. The van der Waals surface area contributed by atoms with Crippen LogP contribution >= 0.6 is 0 Å². The van der Waals surface area contributed by atoms with E-state index in [1.807, 2.05) is 0 Å². The molecule has 0 unspecified atom stereocenters. The van der Waals surface area contributed by atoms with Crippen LogP contribution in [0.3, 0.4) is 0 Å².